The number of hydrogen-bond donors (Lipinski definition) is 1. The van der Waals surface area contributed by atoms with Gasteiger partial charge in [-0.1, -0.05) is 15.9 Å². The zero-order valence-corrected chi connectivity index (χ0v) is 10.8. The lowest BCUT2D eigenvalue weighted by atomic mass is 10.3. The standard InChI is InChI=1S/C9H9BrN2O3S/c1-15-9-3-2-7(10)6-8(9)12-16(13,14)5-4-11/h2-3,6,12H,5H2,1H3. The van der Waals surface area contributed by atoms with Crippen LogP contribution in [-0.4, -0.2) is 21.3 Å². The van der Waals surface area contributed by atoms with Gasteiger partial charge in [-0.2, -0.15) is 5.26 Å². The molecule has 0 saturated carbocycles. The van der Waals surface area contributed by atoms with Gasteiger partial charge in [0.2, 0.25) is 10.0 Å². The number of sulfonamides is 1. The van der Waals surface area contributed by atoms with Crippen molar-refractivity contribution in [1.29, 1.82) is 5.26 Å². The molecule has 86 valence electrons. The maximum atomic E-state index is 11.4. The van der Waals surface area contributed by atoms with E-state index in [1.807, 2.05) is 0 Å². The van der Waals surface area contributed by atoms with Crippen LogP contribution in [0.5, 0.6) is 5.75 Å². The van der Waals surface area contributed by atoms with Gasteiger partial charge in [0.15, 0.2) is 5.75 Å². The molecule has 0 aliphatic heterocycles. The molecular weight excluding hydrogens is 296 g/mol. The normalized spacial score (nSPS) is 10.6. The minimum atomic E-state index is -3.65. The molecule has 0 bridgehead atoms. The van der Waals surface area contributed by atoms with Gasteiger partial charge in [-0.05, 0) is 18.2 Å². The molecule has 16 heavy (non-hydrogen) atoms. The first-order chi connectivity index (χ1) is 7.48. The Labute approximate surface area is 102 Å². The number of anilines is 1. The second-order valence-electron chi connectivity index (χ2n) is 2.86. The third-order valence-corrected chi connectivity index (χ3v) is 3.21. The van der Waals surface area contributed by atoms with E-state index in [9.17, 15) is 8.42 Å². The Hall–Kier alpha value is -1.26. The molecule has 1 rings (SSSR count). The van der Waals surface area contributed by atoms with Crippen LogP contribution in [0.2, 0.25) is 0 Å². The van der Waals surface area contributed by atoms with Crippen LogP contribution in [0.15, 0.2) is 22.7 Å². The predicted molar refractivity (Wildman–Crippen MR) is 63.7 cm³/mol. The van der Waals surface area contributed by atoms with Crippen molar-refractivity contribution in [2.24, 2.45) is 0 Å². The van der Waals surface area contributed by atoms with Crippen LogP contribution in [0.3, 0.4) is 0 Å². The minimum Gasteiger partial charge on any atom is -0.495 e. The molecule has 0 unspecified atom stereocenters. The van der Waals surface area contributed by atoms with Crippen molar-refractivity contribution < 1.29 is 13.2 Å². The summed E-state index contributed by atoms with van der Waals surface area (Å²) in [5.74, 6) is -0.201. The molecule has 0 amide bonds. The Morgan fingerprint density at radius 1 is 1.56 bits per heavy atom. The highest BCUT2D eigenvalue weighted by Gasteiger charge is 2.13. The summed E-state index contributed by atoms with van der Waals surface area (Å²) >= 11 is 3.22. The summed E-state index contributed by atoms with van der Waals surface area (Å²) in [6, 6.07) is 6.48. The molecule has 1 aromatic rings. The SMILES string of the molecule is COc1ccc(Br)cc1NS(=O)(=O)CC#N. The van der Waals surface area contributed by atoms with Gasteiger partial charge >= 0.3 is 0 Å². The number of rotatable bonds is 4. The zero-order valence-electron chi connectivity index (χ0n) is 8.40. The van der Waals surface area contributed by atoms with Gasteiger partial charge in [-0.3, -0.25) is 4.72 Å². The Kier molecular flexibility index (Phi) is 4.15. The molecule has 0 aliphatic carbocycles. The van der Waals surface area contributed by atoms with E-state index in [0.717, 1.165) is 0 Å². The maximum absolute atomic E-state index is 11.4. The van der Waals surface area contributed by atoms with Crippen molar-refractivity contribution >= 4 is 31.6 Å². The fraction of sp³-hybridized carbons (Fsp3) is 0.222. The van der Waals surface area contributed by atoms with Crippen molar-refractivity contribution in [2.75, 3.05) is 17.6 Å². The number of hydrogen-bond acceptors (Lipinski definition) is 4. The van der Waals surface area contributed by atoms with Crippen molar-refractivity contribution in [2.45, 2.75) is 0 Å². The molecule has 1 N–H and O–H groups in total. The lowest BCUT2D eigenvalue weighted by Crippen LogP contribution is -2.16. The van der Waals surface area contributed by atoms with Crippen molar-refractivity contribution in [3.63, 3.8) is 0 Å². The molecule has 7 heteroatoms. The highest BCUT2D eigenvalue weighted by atomic mass is 79.9. The molecule has 0 heterocycles. The summed E-state index contributed by atoms with van der Waals surface area (Å²) < 4.78 is 30.7. The first kappa shape index (κ1) is 12.8. The third-order valence-electron chi connectivity index (χ3n) is 1.68. The summed E-state index contributed by atoms with van der Waals surface area (Å²) in [5, 5.41) is 8.35. The van der Waals surface area contributed by atoms with Crippen LogP contribution in [0.1, 0.15) is 0 Å². The number of ether oxygens (including phenoxy) is 1. The number of nitriles is 1. The monoisotopic (exact) mass is 304 g/mol. The van der Waals surface area contributed by atoms with Crippen molar-refractivity contribution in [1.82, 2.24) is 0 Å². The van der Waals surface area contributed by atoms with E-state index in [1.165, 1.54) is 7.11 Å². The molecule has 5 nitrogen and oxygen atoms in total. The highest BCUT2D eigenvalue weighted by Crippen LogP contribution is 2.28. The second-order valence-corrected chi connectivity index (χ2v) is 5.50. The average Bonchev–Trinajstić information content (AvgIpc) is 2.17. The third kappa shape index (κ3) is 3.40. The fourth-order valence-corrected chi connectivity index (χ4v) is 2.15. The van der Waals surface area contributed by atoms with Crippen LogP contribution in [-0.2, 0) is 10.0 Å². The molecule has 0 radical (unpaired) electrons. The smallest absolute Gasteiger partial charge is 0.246 e. The fourth-order valence-electron chi connectivity index (χ4n) is 1.05. The van der Waals surface area contributed by atoms with E-state index in [2.05, 4.69) is 20.7 Å². The lowest BCUT2D eigenvalue weighted by molar-refractivity contribution is 0.417. The summed E-state index contributed by atoms with van der Waals surface area (Å²) in [6.07, 6.45) is 0. The first-order valence-corrected chi connectivity index (χ1v) is 6.64. The topological polar surface area (TPSA) is 79.2 Å². The first-order valence-electron chi connectivity index (χ1n) is 4.19. The van der Waals surface area contributed by atoms with Crippen molar-refractivity contribution in [3.05, 3.63) is 22.7 Å². The number of halogens is 1. The Bertz CT molecular complexity index is 522. The number of methoxy groups -OCH3 is 1. The van der Waals surface area contributed by atoms with Gasteiger partial charge in [-0.15, -0.1) is 0 Å². The molecule has 0 aromatic heterocycles. The van der Waals surface area contributed by atoms with Gasteiger partial charge in [0, 0.05) is 4.47 Å². The van der Waals surface area contributed by atoms with Crippen LogP contribution in [0.4, 0.5) is 5.69 Å². The van der Waals surface area contributed by atoms with E-state index >= 15 is 0 Å². The van der Waals surface area contributed by atoms with Crippen LogP contribution >= 0.6 is 15.9 Å². The van der Waals surface area contributed by atoms with Crippen molar-refractivity contribution in [3.8, 4) is 11.8 Å². The Balaban J connectivity index is 3.06. The minimum absolute atomic E-state index is 0.298. The van der Waals surface area contributed by atoms with Crippen LogP contribution in [0, 0.1) is 11.3 Å². The van der Waals surface area contributed by atoms with Gasteiger partial charge in [0.25, 0.3) is 0 Å². The van der Waals surface area contributed by atoms with Gasteiger partial charge in [-0.25, -0.2) is 8.42 Å². The molecule has 0 fully saturated rings. The summed E-state index contributed by atoms with van der Waals surface area (Å²) in [4.78, 5) is 0. The number of nitrogens with zero attached hydrogens (tertiary/aromatic N) is 1. The van der Waals surface area contributed by atoms with E-state index < -0.39 is 15.8 Å². The molecule has 0 spiro atoms. The lowest BCUT2D eigenvalue weighted by Gasteiger charge is -2.10. The zero-order chi connectivity index (χ0) is 12.2. The highest BCUT2D eigenvalue weighted by molar-refractivity contribution is 9.10. The molecule has 0 atom stereocenters. The molecule has 1 aromatic carbocycles. The molecule has 0 saturated heterocycles. The maximum Gasteiger partial charge on any atom is 0.246 e. The van der Waals surface area contributed by atoms with Gasteiger partial charge in [0.1, 0.15) is 5.75 Å². The summed E-state index contributed by atoms with van der Waals surface area (Å²) in [6.45, 7) is 0. The summed E-state index contributed by atoms with van der Waals surface area (Å²) in [5.41, 5.74) is 0.298. The second kappa shape index (κ2) is 5.18. The van der Waals surface area contributed by atoms with E-state index in [4.69, 9.17) is 10.00 Å². The number of benzene rings is 1. The quantitative estimate of drug-likeness (QED) is 0.918. The van der Waals surface area contributed by atoms with E-state index in [-0.39, 0.29) is 0 Å². The molecule has 0 aliphatic rings. The van der Waals surface area contributed by atoms with E-state index in [1.54, 1.807) is 24.3 Å². The summed E-state index contributed by atoms with van der Waals surface area (Å²) in [7, 11) is -2.21. The predicted octanol–water partition coefficient (Wildman–Crippen LogP) is 1.72. The average molecular weight is 305 g/mol. The Morgan fingerprint density at radius 3 is 2.81 bits per heavy atom. The molecular formula is C9H9BrN2O3S. The number of nitrogens with one attached hydrogen (secondary N) is 1. The van der Waals surface area contributed by atoms with Crippen LogP contribution < -0.4 is 9.46 Å². The largest absolute Gasteiger partial charge is 0.495 e. The van der Waals surface area contributed by atoms with Crippen LogP contribution in [0.25, 0.3) is 0 Å². The Morgan fingerprint density at radius 2 is 2.25 bits per heavy atom. The van der Waals surface area contributed by atoms with Gasteiger partial charge in [0.05, 0.1) is 18.9 Å². The van der Waals surface area contributed by atoms with E-state index in [0.29, 0.717) is 15.9 Å². The van der Waals surface area contributed by atoms with Gasteiger partial charge < -0.3 is 4.74 Å².